The van der Waals surface area contributed by atoms with Gasteiger partial charge in [-0.2, -0.15) is 0 Å². The van der Waals surface area contributed by atoms with Gasteiger partial charge in [-0.3, -0.25) is 67.1 Å². The number of ketones is 14. The number of rotatable bonds is 0. The first-order valence-electron chi connectivity index (χ1n) is 45.4. The van der Waals surface area contributed by atoms with Crippen LogP contribution in [0.25, 0.3) is 0 Å². The number of aliphatic hydroxyl groups is 8. The fourth-order valence-corrected chi connectivity index (χ4v) is 20.6. The molecule has 0 aromatic carbocycles. The number of aliphatic hydroxyl groups excluding tert-OH is 8. The van der Waals surface area contributed by atoms with E-state index >= 15 is 0 Å². The molecule has 26 heteroatoms. The summed E-state index contributed by atoms with van der Waals surface area (Å²) in [6.45, 7) is 62.1. The molecule has 11 rings (SSSR count). The molecule has 0 heterocycles. The zero-order chi connectivity index (χ0) is 98.7. The van der Waals surface area contributed by atoms with Crippen LogP contribution in [0.4, 0.5) is 0 Å². The van der Waals surface area contributed by atoms with Crippen molar-refractivity contribution in [1.82, 2.24) is 0 Å². The second kappa shape index (κ2) is 50.2. The van der Waals surface area contributed by atoms with Crippen molar-refractivity contribution in [3.63, 3.8) is 0 Å². The van der Waals surface area contributed by atoms with Gasteiger partial charge < -0.3 is 40.9 Å². The number of hydrogen-bond donors (Lipinski definition) is 8. The van der Waals surface area contributed by atoms with Crippen molar-refractivity contribution >= 4 is 141 Å². The van der Waals surface area contributed by atoms with Gasteiger partial charge in [0.05, 0.1) is 48.8 Å². The summed E-state index contributed by atoms with van der Waals surface area (Å²) in [6.07, 6.45) is 11.4. The molecule has 726 valence electrons. The second-order valence-electron chi connectivity index (χ2n) is 46.0. The molecule has 0 radical (unpaired) electrons. The Balaban J connectivity index is -0.00000132. The van der Waals surface area contributed by atoms with Gasteiger partial charge in [0.2, 0.25) is 0 Å². The Morgan fingerprint density at radius 1 is 0.248 bits per heavy atom. The molecule has 0 aromatic rings. The quantitative estimate of drug-likeness (QED) is 0.104. The first kappa shape index (κ1) is 123. The summed E-state index contributed by atoms with van der Waals surface area (Å²) < 4.78 is 0. The summed E-state index contributed by atoms with van der Waals surface area (Å²) in [5.74, 6) is 3.59. The van der Waals surface area contributed by atoms with Crippen LogP contribution in [0.3, 0.4) is 0 Å². The molecule has 11 aliphatic rings. The number of carbonyl (C=O) groups is 14. The molecule has 10 fully saturated rings. The van der Waals surface area contributed by atoms with Crippen LogP contribution in [0, 0.1) is 119 Å². The second-order valence-corrected chi connectivity index (χ2v) is 81.3. The molecule has 8 N–H and O–H groups in total. The Hall–Kier alpha value is -2.43. The Bertz CT molecular complexity index is 3210. The van der Waals surface area contributed by atoms with E-state index in [9.17, 15) is 108 Å². The van der Waals surface area contributed by atoms with Crippen LogP contribution in [0.2, 0.25) is 0 Å². The van der Waals surface area contributed by atoms with Crippen molar-refractivity contribution in [3.05, 3.63) is 11.6 Å². The summed E-state index contributed by atoms with van der Waals surface area (Å²) in [7, 11) is 0. The third-order valence-corrected chi connectivity index (χ3v) is 26.4. The van der Waals surface area contributed by atoms with Crippen molar-refractivity contribution in [3.8, 4) is 0 Å². The van der Waals surface area contributed by atoms with Crippen LogP contribution in [0.5, 0.6) is 0 Å². The van der Waals surface area contributed by atoms with Gasteiger partial charge in [0, 0.05) is 154 Å². The molecular formula is C99H172I3O22V. The molecule has 22 nitrogen and oxygen atoms in total. The van der Waals surface area contributed by atoms with E-state index in [1.807, 2.05) is 222 Å². The van der Waals surface area contributed by atoms with E-state index in [4.69, 9.17) is 0 Å². The summed E-state index contributed by atoms with van der Waals surface area (Å²) >= 11 is 7.39. The Kier molecular flexibility index (Phi) is 49.3. The molecule has 11 aliphatic carbocycles. The van der Waals surface area contributed by atoms with Gasteiger partial charge >= 0.3 is 64.9 Å². The minimum atomic E-state index is -0.476. The van der Waals surface area contributed by atoms with E-state index in [-0.39, 0.29) is 194 Å². The van der Waals surface area contributed by atoms with Crippen LogP contribution >= 0.6 is 59.9 Å². The molecule has 0 spiro atoms. The Labute approximate surface area is 792 Å². The van der Waals surface area contributed by atoms with Gasteiger partial charge in [-0.25, -0.2) is 0 Å². The van der Waals surface area contributed by atoms with Crippen molar-refractivity contribution in [2.24, 2.45) is 119 Å². The van der Waals surface area contributed by atoms with E-state index in [0.29, 0.717) is 187 Å². The standard InChI is InChI=1S/8C9H16O2.2C9H14O2.C9H12O2.3HI.V.2H2/c11*1-6-4-7(10)5-9(2,3)8(6)11;;;;;;/h8*6-7,10H,4-5H2,1-3H3;2*6H,4-5H2,1-3H3;4H,5H2,1-3H3;3*1H;;2*1H/q;;;;;;;;;;;;;;+3;;/p-3/t4*6-,7+;4*6-,7-;2*6-;;;;;;;/m1100110010......./s1. The fraction of sp³-hybridized carbons (Fsp3) is 0.838. The molecule has 18 atom stereocenters. The molecule has 0 saturated heterocycles. The van der Waals surface area contributed by atoms with Gasteiger partial charge in [0.1, 0.15) is 69.4 Å². The van der Waals surface area contributed by atoms with Gasteiger partial charge in [0.25, 0.3) is 0 Å². The van der Waals surface area contributed by atoms with Gasteiger partial charge in [-0.15, -0.1) is 0 Å². The molecule has 0 aromatic heterocycles. The molecule has 125 heavy (non-hydrogen) atoms. The normalized spacial score (nSPS) is 34.0. The number of hydrogen-bond acceptors (Lipinski definition) is 22. The van der Waals surface area contributed by atoms with Crippen LogP contribution in [-0.2, 0) is 72.0 Å². The van der Waals surface area contributed by atoms with Crippen LogP contribution in [0.1, 0.15) is 366 Å². The first-order valence-corrected chi connectivity index (χ1v) is 59.0. The zero-order valence-corrected chi connectivity index (χ0v) is 90.6. The zero-order valence-electron chi connectivity index (χ0n) is 82.7. The molecule has 0 aliphatic heterocycles. The first-order chi connectivity index (χ1) is 56.0. The SMILES string of the molecule is CC1=CC(=O)CC(C)(C)C1=O.C[C@@H]1CC(=O)CC(C)(C)C1=O.C[C@@H]1C[C@@H](O)CC(C)(C)C1=O.C[C@@H]1C[C@@H](O)CC(C)(C)C1=O.C[C@@H]1C[C@H](O)CC(C)(C)C1=O.C[C@@H]1C[C@H](O)CC(C)(C)C1=O.C[C@H]1CC(=O)CC(C)(C)C1=O.C[C@H]1C[C@@H](O)CC(C)(C)C1=O.C[C@H]1C[C@@H](O)CC(C)(C)C1=O.C[C@H]1C[C@H](O)CC(C)(C)C1=O.C[C@H]1C[C@H](O)CC(C)(C)C1=O.[HH].[HH].[I][V]([I])[I]. The molecular weight excluding hydrogens is 1970 g/mol. The molecule has 10 saturated carbocycles. The maximum absolute atomic E-state index is 11.5. The number of Topliss-reactive ketones (excluding diaryl/α,β-unsaturated/α-hetero) is 13. The van der Waals surface area contributed by atoms with Gasteiger partial charge in [-0.05, 0) is 121 Å². The molecule has 0 amide bonds. The Morgan fingerprint density at radius 2 is 0.384 bits per heavy atom. The summed E-state index contributed by atoms with van der Waals surface area (Å²) in [5.41, 5.74) is -3.17. The van der Waals surface area contributed by atoms with Crippen molar-refractivity contribution in [2.75, 3.05) is 0 Å². The van der Waals surface area contributed by atoms with E-state index in [2.05, 4.69) is 59.9 Å². The van der Waals surface area contributed by atoms with Crippen molar-refractivity contribution in [2.45, 2.75) is 412 Å². The van der Waals surface area contributed by atoms with E-state index in [0.717, 1.165) is 0 Å². The third-order valence-electron chi connectivity index (χ3n) is 26.4. The predicted octanol–water partition coefficient (Wildman–Crippen LogP) is 18.8. The summed E-state index contributed by atoms with van der Waals surface area (Å²) in [4.78, 5) is 159. The molecule has 0 unspecified atom stereocenters. The number of allylic oxidation sites excluding steroid dienone is 2. The topological polar surface area (TPSA) is 401 Å². The summed E-state index contributed by atoms with van der Waals surface area (Å²) in [5, 5.41) is 75.0. The van der Waals surface area contributed by atoms with Gasteiger partial charge in [0.15, 0.2) is 11.6 Å². The fourth-order valence-electron chi connectivity index (χ4n) is 20.6. The number of carbonyl (C=O) groups excluding carboxylic acids is 14. The molecule has 0 bridgehead atoms. The van der Waals surface area contributed by atoms with E-state index in [1.54, 1.807) is 6.92 Å². The van der Waals surface area contributed by atoms with Crippen LogP contribution in [0.15, 0.2) is 11.6 Å². The van der Waals surface area contributed by atoms with Crippen LogP contribution in [-0.4, -0.2) is 171 Å². The van der Waals surface area contributed by atoms with E-state index < -0.39 is 16.2 Å². The predicted molar refractivity (Wildman–Crippen MR) is 518 cm³/mol. The van der Waals surface area contributed by atoms with Crippen molar-refractivity contribution in [1.29, 1.82) is 0 Å². The average molecular weight is 2150 g/mol. The van der Waals surface area contributed by atoms with E-state index in [1.165, 1.54) is 6.08 Å². The third kappa shape index (κ3) is 40.7. The maximum atomic E-state index is 11.5. The van der Waals surface area contributed by atoms with Gasteiger partial charge in [-0.1, -0.05) is 222 Å². The van der Waals surface area contributed by atoms with Crippen LogP contribution < -0.4 is 0 Å². The minimum absolute atomic E-state index is 0. The number of halogens is 3. The van der Waals surface area contributed by atoms with Crippen molar-refractivity contribution < 1.29 is 116 Å². The summed E-state index contributed by atoms with van der Waals surface area (Å²) in [6, 6.07) is 0. The monoisotopic (exact) mass is 2140 g/mol. The Morgan fingerprint density at radius 3 is 0.504 bits per heavy atom. The average Bonchev–Trinajstić information content (AvgIpc) is 0.911.